The SMILES string of the molecule is CCC(=O)Nc1cc(C(=O)NCc2ccc(OCC(F)(F)F)nc2)ccn1. The van der Waals surface area contributed by atoms with Crippen LogP contribution in [0.25, 0.3) is 0 Å². The molecule has 0 spiro atoms. The quantitative estimate of drug-likeness (QED) is 0.768. The highest BCUT2D eigenvalue weighted by molar-refractivity contribution is 5.96. The molecule has 2 rings (SSSR count). The number of hydrogen-bond donors (Lipinski definition) is 2. The van der Waals surface area contributed by atoms with Crippen LogP contribution < -0.4 is 15.4 Å². The minimum atomic E-state index is -4.44. The molecule has 0 saturated heterocycles. The van der Waals surface area contributed by atoms with E-state index in [-0.39, 0.29) is 30.6 Å². The lowest BCUT2D eigenvalue weighted by Crippen LogP contribution is -2.23. The smallest absolute Gasteiger partial charge is 0.422 e. The summed E-state index contributed by atoms with van der Waals surface area (Å²) in [6.07, 6.45) is -1.44. The van der Waals surface area contributed by atoms with Gasteiger partial charge in [-0.3, -0.25) is 9.59 Å². The number of anilines is 1. The van der Waals surface area contributed by atoms with Crippen LogP contribution in [0.1, 0.15) is 29.3 Å². The molecule has 144 valence electrons. The highest BCUT2D eigenvalue weighted by Gasteiger charge is 2.28. The van der Waals surface area contributed by atoms with Crippen LogP contribution in [0.3, 0.4) is 0 Å². The fourth-order valence-corrected chi connectivity index (χ4v) is 1.91. The lowest BCUT2D eigenvalue weighted by Gasteiger charge is -2.09. The Labute approximate surface area is 153 Å². The molecule has 7 nitrogen and oxygen atoms in total. The van der Waals surface area contributed by atoms with Crippen LogP contribution in [-0.4, -0.2) is 34.6 Å². The van der Waals surface area contributed by atoms with Crippen molar-refractivity contribution >= 4 is 17.6 Å². The monoisotopic (exact) mass is 382 g/mol. The Bertz CT molecular complexity index is 795. The van der Waals surface area contributed by atoms with Gasteiger partial charge in [0.2, 0.25) is 11.8 Å². The molecule has 10 heteroatoms. The van der Waals surface area contributed by atoms with E-state index in [1.807, 2.05) is 0 Å². The number of carbonyl (C=O) groups excluding carboxylic acids is 2. The van der Waals surface area contributed by atoms with Gasteiger partial charge in [-0.2, -0.15) is 13.2 Å². The number of aromatic nitrogens is 2. The summed E-state index contributed by atoms with van der Waals surface area (Å²) in [6, 6.07) is 5.72. The van der Waals surface area contributed by atoms with Crippen molar-refractivity contribution in [2.45, 2.75) is 26.1 Å². The molecule has 2 heterocycles. The second-order valence-electron chi connectivity index (χ2n) is 5.42. The maximum atomic E-state index is 12.2. The second kappa shape index (κ2) is 8.97. The third-order valence-electron chi connectivity index (χ3n) is 3.25. The number of amides is 2. The molecule has 2 amide bonds. The van der Waals surface area contributed by atoms with Crippen LogP contribution >= 0.6 is 0 Å². The molecule has 0 aliphatic carbocycles. The lowest BCUT2D eigenvalue weighted by molar-refractivity contribution is -0.154. The van der Waals surface area contributed by atoms with Crippen LogP contribution in [0.5, 0.6) is 5.88 Å². The first kappa shape index (κ1) is 20.1. The highest BCUT2D eigenvalue weighted by Crippen LogP contribution is 2.17. The minimum Gasteiger partial charge on any atom is -0.468 e. The van der Waals surface area contributed by atoms with Gasteiger partial charge in [-0.05, 0) is 17.7 Å². The first-order valence-electron chi connectivity index (χ1n) is 7.95. The molecule has 2 aromatic heterocycles. The van der Waals surface area contributed by atoms with E-state index < -0.39 is 18.7 Å². The minimum absolute atomic E-state index is 0.115. The molecule has 0 fully saturated rings. The molecule has 2 aromatic rings. The van der Waals surface area contributed by atoms with E-state index in [1.165, 1.54) is 36.7 Å². The Morgan fingerprint density at radius 1 is 1.19 bits per heavy atom. The van der Waals surface area contributed by atoms with Crippen LogP contribution in [-0.2, 0) is 11.3 Å². The van der Waals surface area contributed by atoms with Gasteiger partial charge < -0.3 is 15.4 Å². The number of alkyl halides is 3. The Morgan fingerprint density at radius 3 is 2.59 bits per heavy atom. The number of nitrogens with zero attached hydrogens (tertiary/aromatic N) is 2. The van der Waals surface area contributed by atoms with Crippen LogP contribution in [0.2, 0.25) is 0 Å². The summed E-state index contributed by atoms with van der Waals surface area (Å²) in [5.41, 5.74) is 0.880. The molecule has 2 N–H and O–H groups in total. The van der Waals surface area contributed by atoms with Gasteiger partial charge in [0.15, 0.2) is 6.61 Å². The summed E-state index contributed by atoms with van der Waals surface area (Å²) in [5, 5.41) is 5.20. The maximum absolute atomic E-state index is 12.2. The van der Waals surface area contributed by atoms with Gasteiger partial charge in [0.05, 0.1) is 0 Å². The van der Waals surface area contributed by atoms with Crippen molar-refractivity contribution in [3.05, 3.63) is 47.8 Å². The molecule has 0 aliphatic rings. The fraction of sp³-hybridized carbons (Fsp3) is 0.294. The Balaban J connectivity index is 1.90. The average Bonchev–Trinajstić information content (AvgIpc) is 2.64. The van der Waals surface area contributed by atoms with Gasteiger partial charge in [-0.1, -0.05) is 13.0 Å². The number of hydrogen-bond acceptors (Lipinski definition) is 5. The molecule has 0 aromatic carbocycles. The summed E-state index contributed by atoms with van der Waals surface area (Å²) in [5.74, 6) is -0.518. The average molecular weight is 382 g/mol. The third kappa shape index (κ3) is 6.92. The van der Waals surface area contributed by atoms with Crippen molar-refractivity contribution in [1.29, 1.82) is 0 Å². The number of pyridine rings is 2. The predicted molar refractivity (Wildman–Crippen MR) is 90.1 cm³/mol. The third-order valence-corrected chi connectivity index (χ3v) is 3.25. The largest absolute Gasteiger partial charge is 0.468 e. The van der Waals surface area contributed by atoms with E-state index in [4.69, 9.17) is 0 Å². The van der Waals surface area contributed by atoms with E-state index in [2.05, 4.69) is 25.3 Å². The predicted octanol–water partition coefficient (Wildman–Crippen LogP) is 2.70. The zero-order chi connectivity index (χ0) is 19.9. The summed E-state index contributed by atoms with van der Waals surface area (Å²) in [7, 11) is 0. The standard InChI is InChI=1S/C17H17F3N4O3/c1-2-14(25)24-13-7-12(5-6-21-13)16(26)23-9-11-3-4-15(22-8-11)27-10-17(18,19)20/h3-8H,2,9-10H2,1H3,(H,23,26)(H,21,24,25). The van der Waals surface area contributed by atoms with Gasteiger partial charge in [0, 0.05) is 37.0 Å². The van der Waals surface area contributed by atoms with E-state index in [0.717, 1.165) is 0 Å². The molecule has 0 saturated carbocycles. The van der Waals surface area contributed by atoms with E-state index in [1.54, 1.807) is 6.92 Å². The van der Waals surface area contributed by atoms with Crippen molar-refractivity contribution < 1.29 is 27.5 Å². The van der Waals surface area contributed by atoms with Gasteiger partial charge >= 0.3 is 6.18 Å². The maximum Gasteiger partial charge on any atom is 0.422 e. The molecule has 0 unspecified atom stereocenters. The second-order valence-corrected chi connectivity index (χ2v) is 5.42. The molecular formula is C17H17F3N4O3. The Hall–Kier alpha value is -3.17. The molecular weight excluding hydrogens is 365 g/mol. The van der Waals surface area contributed by atoms with Gasteiger partial charge in [0.1, 0.15) is 5.82 Å². The first-order valence-corrected chi connectivity index (χ1v) is 7.95. The zero-order valence-corrected chi connectivity index (χ0v) is 14.3. The van der Waals surface area contributed by atoms with Crippen molar-refractivity contribution in [3.63, 3.8) is 0 Å². The van der Waals surface area contributed by atoms with Gasteiger partial charge in [-0.15, -0.1) is 0 Å². The van der Waals surface area contributed by atoms with E-state index in [9.17, 15) is 22.8 Å². The molecule has 0 bridgehead atoms. The molecule has 0 aliphatic heterocycles. The number of ether oxygens (including phenoxy) is 1. The van der Waals surface area contributed by atoms with Crippen molar-refractivity contribution in [1.82, 2.24) is 15.3 Å². The van der Waals surface area contributed by atoms with Crippen molar-refractivity contribution in [2.24, 2.45) is 0 Å². The topological polar surface area (TPSA) is 93.2 Å². The molecule has 0 radical (unpaired) electrons. The van der Waals surface area contributed by atoms with Crippen LogP contribution in [0.4, 0.5) is 19.0 Å². The summed E-state index contributed by atoms with van der Waals surface area (Å²) in [4.78, 5) is 31.3. The number of halogens is 3. The Morgan fingerprint density at radius 2 is 1.96 bits per heavy atom. The lowest BCUT2D eigenvalue weighted by atomic mass is 10.2. The summed E-state index contributed by atoms with van der Waals surface area (Å²) < 4.78 is 40.8. The van der Waals surface area contributed by atoms with Gasteiger partial charge in [0.25, 0.3) is 5.91 Å². The van der Waals surface area contributed by atoms with Crippen LogP contribution in [0, 0.1) is 0 Å². The number of rotatable bonds is 7. The van der Waals surface area contributed by atoms with Crippen molar-refractivity contribution in [3.8, 4) is 5.88 Å². The number of nitrogens with one attached hydrogen (secondary N) is 2. The normalized spacial score (nSPS) is 11.0. The van der Waals surface area contributed by atoms with Gasteiger partial charge in [-0.25, -0.2) is 9.97 Å². The fourth-order valence-electron chi connectivity index (χ4n) is 1.91. The Kier molecular flexibility index (Phi) is 6.69. The molecule has 27 heavy (non-hydrogen) atoms. The first-order chi connectivity index (χ1) is 12.8. The summed E-state index contributed by atoms with van der Waals surface area (Å²) >= 11 is 0. The van der Waals surface area contributed by atoms with Crippen molar-refractivity contribution in [2.75, 3.05) is 11.9 Å². The van der Waals surface area contributed by atoms with E-state index in [0.29, 0.717) is 11.1 Å². The molecule has 0 atom stereocenters. The highest BCUT2D eigenvalue weighted by atomic mass is 19.4. The zero-order valence-electron chi connectivity index (χ0n) is 14.3. The van der Waals surface area contributed by atoms with E-state index >= 15 is 0 Å². The summed E-state index contributed by atoms with van der Waals surface area (Å²) in [6.45, 7) is 0.388. The van der Waals surface area contributed by atoms with Crippen LogP contribution in [0.15, 0.2) is 36.7 Å². The number of carbonyl (C=O) groups is 2.